The Balaban J connectivity index is 1.10. The van der Waals surface area contributed by atoms with Crippen LogP contribution in [0.3, 0.4) is 0 Å². The van der Waals surface area contributed by atoms with Crippen molar-refractivity contribution in [1.82, 2.24) is 0 Å². The highest BCUT2D eigenvalue weighted by Crippen LogP contribution is 2.51. The van der Waals surface area contributed by atoms with Crippen LogP contribution in [0.25, 0.3) is 87.6 Å². The minimum Gasteiger partial charge on any atom is -0.310 e. The molecule has 0 unspecified atom stereocenters. The fourth-order valence-electron chi connectivity index (χ4n) is 8.69. The van der Waals surface area contributed by atoms with Crippen LogP contribution in [0.5, 0.6) is 0 Å². The molecule has 0 radical (unpaired) electrons. The lowest BCUT2D eigenvalue weighted by Gasteiger charge is -2.28. The summed E-state index contributed by atoms with van der Waals surface area (Å²) >= 11 is 0. The largest absolute Gasteiger partial charge is 0.310 e. The smallest absolute Gasteiger partial charge is 0.0540 e. The molecular formula is C52H33N. The Hall–Kier alpha value is -6.96. The molecule has 0 saturated heterocycles. The number of rotatable bonds is 5. The van der Waals surface area contributed by atoms with Crippen LogP contribution in [-0.4, -0.2) is 0 Å². The van der Waals surface area contributed by atoms with Gasteiger partial charge in [0.2, 0.25) is 0 Å². The molecule has 0 heterocycles. The highest BCUT2D eigenvalue weighted by atomic mass is 15.1. The number of hydrogen-bond acceptors (Lipinski definition) is 1. The van der Waals surface area contributed by atoms with E-state index in [-0.39, 0.29) is 0 Å². The molecule has 0 saturated carbocycles. The molecule has 0 bridgehead atoms. The summed E-state index contributed by atoms with van der Waals surface area (Å²) in [5.74, 6) is 0. The minimum atomic E-state index is 1.12. The molecule has 1 nitrogen and oxygen atoms in total. The van der Waals surface area contributed by atoms with Gasteiger partial charge in [0.15, 0.2) is 0 Å². The maximum atomic E-state index is 2.44. The fourth-order valence-corrected chi connectivity index (χ4v) is 8.69. The lowest BCUT2D eigenvalue weighted by molar-refractivity contribution is 1.30. The number of fused-ring (bicyclic) bond motifs is 7. The Morgan fingerprint density at radius 3 is 1.64 bits per heavy atom. The first kappa shape index (κ1) is 29.7. The lowest BCUT2D eigenvalue weighted by Crippen LogP contribution is -2.10. The molecule has 10 aromatic carbocycles. The van der Waals surface area contributed by atoms with E-state index in [4.69, 9.17) is 0 Å². The summed E-state index contributed by atoms with van der Waals surface area (Å²) in [6.07, 6.45) is 0. The summed E-state index contributed by atoms with van der Waals surface area (Å²) in [5.41, 5.74) is 13.5. The van der Waals surface area contributed by atoms with E-state index >= 15 is 0 Å². The van der Waals surface area contributed by atoms with Crippen LogP contribution in [0.2, 0.25) is 0 Å². The van der Waals surface area contributed by atoms with Gasteiger partial charge in [-0.1, -0.05) is 164 Å². The highest BCUT2D eigenvalue weighted by Gasteiger charge is 2.25. The Bertz CT molecular complexity index is 3030. The van der Waals surface area contributed by atoms with E-state index in [1.54, 1.807) is 0 Å². The molecule has 0 aliphatic heterocycles. The van der Waals surface area contributed by atoms with Crippen LogP contribution >= 0.6 is 0 Å². The van der Waals surface area contributed by atoms with Crippen molar-refractivity contribution < 1.29 is 0 Å². The van der Waals surface area contributed by atoms with Gasteiger partial charge in [0, 0.05) is 16.8 Å². The van der Waals surface area contributed by atoms with Crippen LogP contribution in [0, 0.1) is 0 Å². The number of anilines is 3. The second kappa shape index (κ2) is 11.8. The van der Waals surface area contributed by atoms with Gasteiger partial charge in [-0.3, -0.25) is 0 Å². The van der Waals surface area contributed by atoms with Gasteiger partial charge in [-0.05, 0) is 119 Å². The number of hydrogen-bond donors (Lipinski definition) is 0. The molecule has 0 fully saturated rings. The maximum Gasteiger partial charge on any atom is 0.0540 e. The third kappa shape index (κ3) is 4.71. The van der Waals surface area contributed by atoms with Gasteiger partial charge in [0.25, 0.3) is 0 Å². The third-order valence-corrected chi connectivity index (χ3v) is 11.2. The molecule has 1 aliphatic rings. The molecular weight excluding hydrogens is 639 g/mol. The molecule has 1 heteroatoms. The fraction of sp³-hybridized carbons (Fsp3) is 0. The quantitative estimate of drug-likeness (QED) is 0.165. The molecule has 1 aliphatic carbocycles. The number of nitrogens with zero attached hydrogens (tertiary/aromatic N) is 1. The van der Waals surface area contributed by atoms with Crippen molar-refractivity contribution in [3.05, 3.63) is 200 Å². The zero-order valence-corrected chi connectivity index (χ0v) is 29.0. The Morgan fingerprint density at radius 1 is 0.264 bits per heavy atom. The van der Waals surface area contributed by atoms with Crippen molar-refractivity contribution in [1.29, 1.82) is 0 Å². The van der Waals surface area contributed by atoms with Crippen molar-refractivity contribution in [2.45, 2.75) is 0 Å². The van der Waals surface area contributed by atoms with Crippen LogP contribution in [0.15, 0.2) is 200 Å². The summed E-state index contributed by atoms with van der Waals surface area (Å²) < 4.78 is 0. The van der Waals surface area contributed by atoms with Gasteiger partial charge in [0.1, 0.15) is 0 Å². The molecule has 0 amide bonds. The van der Waals surface area contributed by atoms with Gasteiger partial charge in [-0.15, -0.1) is 0 Å². The molecule has 246 valence electrons. The van der Waals surface area contributed by atoms with Crippen molar-refractivity contribution in [3.8, 4) is 44.5 Å². The first-order valence-corrected chi connectivity index (χ1v) is 18.3. The molecule has 0 aromatic heterocycles. The predicted octanol–water partition coefficient (Wildman–Crippen LogP) is 14.8. The summed E-state index contributed by atoms with van der Waals surface area (Å²) in [4.78, 5) is 2.44. The van der Waals surface area contributed by atoms with Gasteiger partial charge in [-0.2, -0.15) is 0 Å². The Kier molecular flexibility index (Phi) is 6.62. The first-order valence-electron chi connectivity index (χ1n) is 18.3. The van der Waals surface area contributed by atoms with Crippen LogP contribution in [0.1, 0.15) is 0 Å². The molecule has 53 heavy (non-hydrogen) atoms. The monoisotopic (exact) mass is 671 g/mol. The topological polar surface area (TPSA) is 3.24 Å². The molecule has 10 aromatic rings. The van der Waals surface area contributed by atoms with Crippen LogP contribution < -0.4 is 4.90 Å². The van der Waals surface area contributed by atoms with E-state index in [9.17, 15) is 0 Å². The van der Waals surface area contributed by atoms with Crippen molar-refractivity contribution >= 4 is 60.2 Å². The molecule has 0 atom stereocenters. The van der Waals surface area contributed by atoms with Crippen LogP contribution in [-0.2, 0) is 0 Å². The molecule has 0 spiro atoms. The van der Waals surface area contributed by atoms with E-state index < -0.39 is 0 Å². The van der Waals surface area contributed by atoms with Crippen molar-refractivity contribution in [2.75, 3.05) is 4.90 Å². The average molecular weight is 672 g/mol. The Morgan fingerprint density at radius 2 is 0.811 bits per heavy atom. The second-order valence-corrected chi connectivity index (χ2v) is 14.1. The standard InChI is InChI=1S/C52H33N/c1-3-15-42-34(10-1)12-8-19-43(42)36-26-28-40(29-27-36)53(51-31-30-48-46-18-6-5-17-45(46)47-20-9-21-49(51)52(47)48)41-14-7-13-38(32-41)39-25-24-37-23-22-35-11-2-4-16-44(35)50(37)33-39/h1-33H. The summed E-state index contributed by atoms with van der Waals surface area (Å²) in [6, 6.07) is 73.6. The van der Waals surface area contributed by atoms with Gasteiger partial charge in [0.05, 0.1) is 5.69 Å². The van der Waals surface area contributed by atoms with E-state index in [0.29, 0.717) is 0 Å². The SMILES string of the molecule is c1cc(-c2ccc3ccc4ccccc4c3c2)cc(N(c2ccc(-c3cccc4ccccc34)cc2)c2ccc3c4c(cccc24)-c2ccccc2-3)c1. The van der Waals surface area contributed by atoms with Gasteiger partial charge < -0.3 is 4.90 Å². The predicted molar refractivity (Wildman–Crippen MR) is 226 cm³/mol. The maximum absolute atomic E-state index is 2.44. The normalized spacial score (nSPS) is 11.8. The van der Waals surface area contributed by atoms with Crippen molar-refractivity contribution in [3.63, 3.8) is 0 Å². The summed E-state index contributed by atoms with van der Waals surface area (Å²) in [7, 11) is 0. The summed E-state index contributed by atoms with van der Waals surface area (Å²) in [6.45, 7) is 0. The molecule has 11 rings (SSSR count). The summed E-state index contributed by atoms with van der Waals surface area (Å²) in [5, 5.41) is 10.2. The van der Waals surface area contributed by atoms with E-state index in [2.05, 4.69) is 205 Å². The minimum absolute atomic E-state index is 1.12. The van der Waals surface area contributed by atoms with E-state index in [0.717, 1.165) is 17.1 Å². The van der Waals surface area contributed by atoms with Gasteiger partial charge >= 0.3 is 0 Å². The molecule has 0 N–H and O–H groups in total. The van der Waals surface area contributed by atoms with Crippen molar-refractivity contribution in [2.24, 2.45) is 0 Å². The Labute approximate surface area is 308 Å². The lowest BCUT2D eigenvalue weighted by atomic mass is 9.96. The van der Waals surface area contributed by atoms with Gasteiger partial charge in [-0.25, -0.2) is 0 Å². The first-order chi connectivity index (χ1) is 26.3. The average Bonchev–Trinajstić information content (AvgIpc) is 3.56. The zero-order valence-electron chi connectivity index (χ0n) is 29.0. The number of benzene rings is 10. The third-order valence-electron chi connectivity index (χ3n) is 11.2. The van der Waals surface area contributed by atoms with E-state index in [1.807, 2.05) is 0 Å². The van der Waals surface area contributed by atoms with E-state index in [1.165, 1.54) is 87.6 Å². The highest BCUT2D eigenvalue weighted by molar-refractivity contribution is 6.19. The zero-order chi connectivity index (χ0) is 34.9. The second-order valence-electron chi connectivity index (χ2n) is 14.1. The van der Waals surface area contributed by atoms with Crippen LogP contribution in [0.4, 0.5) is 17.1 Å².